The molecule has 3 aliphatic rings. The van der Waals surface area contributed by atoms with Crippen molar-refractivity contribution in [1.29, 1.82) is 0 Å². The maximum absolute atomic E-state index is 14.8. The molecule has 1 N–H and O–H groups in total. The lowest BCUT2D eigenvalue weighted by Crippen LogP contribution is -2.57. The van der Waals surface area contributed by atoms with Gasteiger partial charge in [0.2, 0.25) is 5.91 Å². The summed E-state index contributed by atoms with van der Waals surface area (Å²) < 4.78 is 12.0. The molecule has 0 aliphatic carbocycles. The number of carbonyl (C=O) groups is 3. The number of benzene rings is 2. The van der Waals surface area contributed by atoms with Crippen molar-refractivity contribution in [2.24, 2.45) is 11.8 Å². The summed E-state index contributed by atoms with van der Waals surface area (Å²) in [6.07, 6.45) is 2.69. The van der Waals surface area contributed by atoms with Gasteiger partial charge in [0.1, 0.15) is 18.2 Å². The Morgan fingerprint density at radius 3 is 2.61 bits per heavy atom. The molecule has 3 fully saturated rings. The first kappa shape index (κ1) is 29.5. The Bertz CT molecular complexity index is 1350. The molecule has 0 aromatic heterocycles. The van der Waals surface area contributed by atoms with Crippen LogP contribution >= 0.6 is 27.5 Å². The van der Waals surface area contributed by atoms with E-state index in [2.05, 4.69) is 29.1 Å². The van der Waals surface area contributed by atoms with E-state index < -0.39 is 60.0 Å². The number of amides is 2. The standard InChI is InChI=1S/C31H32BrClN2O6/c1-4-14-34(25-18(3)10-9-13-21(25)33)29(38)27-31-16-20(32)26(41-31)23(30(39)40-15-5-2)24(31)28(37)35(27)22(17-36)19-11-7-6-8-12-19/h4-13,20,22-24,26-27,36H,1-2,14-17H2,3H3/t20?,22-,23+,24+,26+,27?,31?/m1/s1. The zero-order chi connectivity index (χ0) is 29.5. The molecule has 2 aromatic rings. The second-order valence-corrected chi connectivity index (χ2v) is 12.2. The summed E-state index contributed by atoms with van der Waals surface area (Å²) in [5.41, 5.74) is 0.566. The van der Waals surface area contributed by atoms with Crippen LogP contribution in [0, 0.1) is 18.8 Å². The average molecular weight is 644 g/mol. The van der Waals surface area contributed by atoms with E-state index in [0.717, 1.165) is 5.56 Å². The highest BCUT2D eigenvalue weighted by atomic mass is 79.9. The Hall–Kier alpha value is -2.98. The number of aliphatic hydroxyl groups excluding tert-OH is 1. The number of aryl methyl sites for hydroxylation is 1. The van der Waals surface area contributed by atoms with E-state index in [0.29, 0.717) is 22.7 Å². The minimum absolute atomic E-state index is 0.0167. The van der Waals surface area contributed by atoms with Gasteiger partial charge in [0, 0.05) is 11.4 Å². The number of likely N-dealkylation sites (tertiary alicyclic amines) is 1. The largest absolute Gasteiger partial charge is 0.461 e. The second kappa shape index (κ2) is 11.7. The maximum Gasteiger partial charge on any atom is 0.312 e. The van der Waals surface area contributed by atoms with Gasteiger partial charge in [-0.2, -0.15) is 0 Å². The molecule has 216 valence electrons. The van der Waals surface area contributed by atoms with Gasteiger partial charge in [-0.1, -0.05) is 88.7 Å². The predicted molar refractivity (Wildman–Crippen MR) is 159 cm³/mol. The number of alkyl halides is 1. The Balaban J connectivity index is 1.68. The summed E-state index contributed by atoms with van der Waals surface area (Å²) in [7, 11) is 0. The average Bonchev–Trinajstić information content (AvgIpc) is 3.55. The van der Waals surface area contributed by atoms with Gasteiger partial charge >= 0.3 is 5.97 Å². The number of ether oxygens (including phenoxy) is 2. The highest BCUT2D eigenvalue weighted by Gasteiger charge is 2.77. The minimum Gasteiger partial charge on any atom is -0.461 e. The number of hydrogen-bond acceptors (Lipinski definition) is 6. The zero-order valence-corrected chi connectivity index (χ0v) is 25.0. The van der Waals surface area contributed by atoms with Crippen LogP contribution < -0.4 is 4.90 Å². The SMILES string of the molecule is C=CCOC(=O)[C@H]1[C@H]2C(=O)N([C@H](CO)c3ccccc3)C(C(=O)N(CC=C)c3c(C)cccc3Cl)C23CC(Br)[C@@H]1O3. The number of fused-ring (bicyclic) bond motifs is 1. The van der Waals surface area contributed by atoms with E-state index in [-0.39, 0.29) is 18.0 Å². The van der Waals surface area contributed by atoms with Crippen molar-refractivity contribution in [2.45, 2.75) is 42.0 Å². The maximum atomic E-state index is 14.8. The monoisotopic (exact) mass is 642 g/mol. The molecule has 2 bridgehead atoms. The molecule has 1 spiro atoms. The van der Waals surface area contributed by atoms with Gasteiger partial charge in [0.25, 0.3) is 5.91 Å². The third kappa shape index (κ3) is 4.73. The van der Waals surface area contributed by atoms with Crippen molar-refractivity contribution < 1.29 is 29.0 Å². The summed E-state index contributed by atoms with van der Waals surface area (Å²) in [6.45, 7) is 8.96. The number of carbonyl (C=O) groups excluding carboxylic acids is 3. The van der Waals surface area contributed by atoms with Crippen LogP contribution in [0.1, 0.15) is 23.6 Å². The van der Waals surface area contributed by atoms with Gasteiger partial charge in [-0.3, -0.25) is 14.4 Å². The van der Waals surface area contributed by atoms with Gasteiger partial charge in [-0.25, -0.2) is 0 Å². The van der Waals surface area contributed by atoms with E-state index in [1.54, 1.807) is 42.5 Å². The van der Waals surface area contributed by atoms with Gasteiger partial charge in [0.15, 0.2) is 0 Å². The number of rotatable bonds is 10. The van der Waals surface area contributed by atoms with Gasteiger partial charge in [-0.05, 0) is 30.5 Å². The minimum atomic E-state index is -1.35. The third-order valence-electron chi connectivity index (χ3n) is 8.31. The molecule has 10 heteroatoms. The number of halogens is 2. The zero-order valence-electron chi connectivity index (χ0n) is 22.6. The van der Waals surface area contributed by atoms with Crippen LogP contribution in [0.4, 0.5) is 5.69 Å². The van der Waals surface area contributed by atoms with Crippen LogP contribution in [0.2, 0.25) is 5.02 Å². The lowest BCUT2D eigenvalue weighted by molar-refractivity contribution is -0.154. The fourth-order valence-electron chi connectivity index (χ4n) is 6.75. The summed E-state index contributed by atoms with van der Waals surface area (Å²) in [4.78, 5) is 45.3. The molecule has 7 atom stereocenters. The Kier molecular flexibility index (Phi) is 8.43. The molecular formula is C31H32BrClN2O6. The van der Waals surface area contributed by atoms with Crippen molar-refractivity contribution in [3.63, 3.8) is 0 Å². The summed E-state index contributed by atoms with van der Waals surface area (Å²) >= 11 is 10.3. The second-order valence-electron chi connectivity index (χ2n) is 10.6. The van der Waals surface area contributed by atoms with Crippen LogP contribution in [-0.2, 0) is 23.9 Å². The highest BCUT2D eigenvalue weighted by Crippen LogP contribution is 2.61. The lowest BCUT2D eigenvalue weighted by Gasteiger charge is -2.40. The molecule has 2 aromatic carbocycles. The van der Waals surface area contributed by atoms with Gasteiger partial charge in [0.05, 0.1) is 41.3 Å². The lowest BCUT2D eigenvalue weighted by atomic mass is 9.70. The molecule has 41 heavy (non-hydrogen) atoms. The number of esters is 1. The van der Waals surface area contributed by atoms with Crippen molar-refractivity contribution >= 4 is 51.0 Å². The molecule has 0 saturated carbocycles. The van der Waals surface area contributed by atoms with Crippen molar-refractivity contribution in [2.75, 3.05) is 24.7 Å². The quantitative estimate of drug-likeness (QED) is 0.235. The topological polar surface area (TPSA) is 96.4 Å². The molecule has 0 radical (unpaired) electrons. The first-order valence-electron chi connectivity index (χ1n) is 13.5. The van der Waals surface area contributed by atoms with Crippen molar-refractivity contribution in [3.05, 3.63) is 90.0 Å². The molecule has 3 unspecified atom stereocenters. The van der Waals surface area contributed by atoms with Crippen LogP contribution in [-0.4, -0.2) is 70.1 Å². The molecule has 3 saturated heterocycles. The fourth-order valence-corrected chi connectivity index (χ4v) is 8.02. The Morgan fingerprint density at radius 1 is 1.24 bits per heavy atom. The number of nitrogens with zero attached hydrogens (tertiary/aromatic N) is 2. The third-order valence-corrected chi connectivity index (χ3v) is 9.46. The van der Waals surface area contributed by atoms with E-state index in [1.807, 2.05) is 19.1 Å². The van der Waals surface area contributed by atoms with Crippen LogP contribution in [0.3, 0.4) is 0 Å². The van der Waals surface area contributed by atoms with Gasteiger partial charge in [-0.15, -0.1) is 6.58 Å². The van der Waals surface area contributed by atoms with Crippen LogP contribution in [0.25, 0.3) is 0 Å². The summed E-state index contributed by atoms with van der Waals surface area (Å²) in [5.74, 6) is -3.39. The number of para-hydroxylation sites is 1. The summed E-state index contributed by atoms with van der Waals surface area (Å²) in [6, 6.07) is 12.3. The van der Waals surface area contributed by atoms with E-state index >= 15 is 0 Å². The van der Waals surface area contributed by atoms with Crippen molar-refractivity contribution in [1.82, 2.24) is 4.90 Å². The molecular weight excluding hydrogens is 612 g/mol. The highest BCUT2D eigenvalue weighted by molar-refractivity contribution is 9.09. The van der Waals surface area contributed by atoms with Crippen LogP contribution in [0.15, 0.2) is 73.8 Å². The fraction of sp³-hybridized carbons (Fsp3) is 0.387. The Labute approximate surface area is 252 Å². The number of aliphatic hydroxyl groups is 1. The molecule has 3 aliphatic heterocycles. The molecule has 5 rings (SSSR count). The molecule has 2 amide bonds. The Morgan fingerprint density at radius 2 is 1.98 bits per heavy atom. The number of hydrogen-bond donors (Lipinski definition) is 1. The van der Waals surface area contributed by atoms with E-state index in [9.17, 15) is 19.5 Å². The first-order valence-corrected chi connectivity index (χ1v) is 14.8. The normalized spacial score (nSPS) is 28.7. The molecule has 3 heterocycles. The smallest absolute Gasteiger partial charge is 0.312 e. The predicted octanol–water partition coefficient (Wildman–Crippen LogP) is 4.38. The van der Waals surface area contributed by atoms with E-state index in [1.165, 1.54) is 15.9 Å². The van der Waals surface area contributed by atoms with E-state index in [4.69, 9.17) is 21.1 Å². The summed E-state index contributed by atoms with van der Waals surface area (Å²) in [5, 5.41) is 11.0. The van der Waals surface area contributed by atoms with Crippen LogP contribution in [0.5, 0.6) is 0 Å². The molecule has 8 nitrogen and oxygen atoms in total. The van der Waals surface area contributed by atoms with Gasteiger partial charge < -0.3 is 24.4 Å². The number of anilines is 1. The van der Waals surface area contributed by atoms with Crippen molar-refractivity contribution in [3.8, 4) is 0 Å². The first-order chi connectivity index (χ1) is 19.7.